The van der Waals surface area contributed by atoms with Crippen molar-refractivity contribution in [2.24, 2.45) is 11.7 Å². The van der Waals surface area contributed by atoms with Gasteiger partial charge in [-0.25, -0.2) is 0 Å². The van der Waals surface area contributed by atoms with Crippen molar-refractivity contribution >= 4 is 5.91 Å². The van der Waals surface area contributed by atoms with E-state index in [1.54, 1.807) is 0 Å². The first kappa shape index (κ1) is 16.8. The summed E-state index contributed by atoms with van der Waals surface area (Å²) in [6.45, 7) is 7.05. The van der Waals surface area contributed by atoms with Gasteiger partial charge in [0.2, 0.25) is 5.91 Å². The molecule has 2 rings (SSSR count). The molecule has 0 aromatic heterocycles. The predicted octanol–water partition coefficient (Wildman–Crippen LogP) is 2.27. The molecule has 3 N–H and O–H groups in total. The van der Waals surface area contributed by atoms with Crippen LogP contribution in [0.4, 0.5) is 0 Å². The molecule has 0 aromatic carbocycles. The van der Waals surface area contributed by atoms with Crippen LogP contribution in [0.25, 0.3) is 0 Å². The second-order valence-corrected chi connectivity index (χ2v) is 6.95. The summed E-state index contributed by atoms with van der Waals surface area (Å²) in [5.74, 6) is 1.09. The molecule has 0 aliphatic heterocycles. The van der Waals surface area contributed by atoms with Crippen molar-refractivity contribution in [3.63, 3.8) is 0 Å². The molecule has 2 fully saturated rings. The number of carbonyl (C=O) groups excluding carboxylic acids is 1. The number of nitrogens with two attached hydrogens (primary N) is 1. The Morgan fingerprint density at radius 2 is 1.90 bits per heavy atom. The van der Waals surface area contributed by atoms with Gasteiger partial charge in [-0.05, 0) is 51.0 Å². The van der Waals surface area contributed by atoms with E-state index in [1.165, 1.54) is 32.1 Å². The highest BCUT2D eigenvalue weighted by atomic mass is 16.1. The van der Waals surface area contributed by atoms with Crippen LogP contribution in [-0.2, 0) is 4.79 Å². The third-order valence-electron chi connectivity index (χ3n) is 5.60. The minimum absolute atomic E-state index is 0.139. The predicted molar refractivity (Wildman–Crippen MR) is 87.1 cm³/mol. The van der Waals surface area contributed by atoms with Gasteiger partial charge in [-0.3, -0.25) is 9.69 Å². The van der Waals surface area contributed by atoms with E-state index >= 15 is 0 Å². The number of likely N-dealkylation sites (N-methyl/N-ethyl adjacent to an activating group) is 1. The summed E-state index contributed by atoms with van der Waals surface area (Å²) in [5, 5.41) is 3.09. The molecule has 1 amide bonds. The molecule has 0 radical (unpaired) electrons. The fourth-order valence-corrected chi connectivity index (χ4v) is 3.77. The van der Waals surface area contributed by atoms with Crippen molar-refractivity contribution in [2.45, 2.75) is 76.8 Å². The molecule has 4 heteroatoms. The van der Waals surface area contributed by atoms with Crippen LogP contribution in [0.15, 0.2) is 0 Å². The summed E-state index contributed by atoms with van der Waals surface area (Å²) in [6, 6.07) is 0.469. The summed E-state index contributed by atoms with van der Waals surface area (Å²) >= 11 is 0. The molecule has 2 aliphatic rings. The molecule has 2 saturated carbocycles. The van der Waals surface area contributed by atoms with Gasteiger partial charge in [0.05, 0.1) is 0 Å². The maximum atomic E-state index is 11.9. The molecule has 0 aromatic rings. The lowest BCUT2D eigenvalue weighted by Crippen LogP contribution is -2.56. The Kier molecular flexibility index (Phi) is 6.06. The summed E-state index contributed by atoms with van der Waals surface area (Å²) in [7, 11) is 0. The largest absolute Gasteiger partial charge is 0.353 e. The number of nitrogens with zero attached hydrogens (tertiary/aromatic N) is 1. The highest BCUT2D eigenvalue weighted by Gasteiger charge is 2.38. The first-order valence-electron chi connectivity index (χ1n) is 8.88. The number of hydrogen-bond donors (Lipinski definition) is 2. The second kappa shape index (κ2) is 7.59. The van der Waals surface area contributed by atoms with E-state index in [0.717, 1.165) is 38.4 Å². The third-order valence-corrected chi connectivity index (χ3v) is 5.60. The van der Waals surface area contributed by atoms with Crippen molar-refractivity contribution < 1.29 is 4.79 Å². The standard InChI is InChI=1S/C17H33N3O/c1-3-14-7-10-17(13-18,11-8-14)20(4-2)12-9-16(21)19-15-5-6-15/h14-15H,3-13,18H2,1-2H3,(H,19,21). The summed E-state index contributed by atoms with van der Waals surface area (Å²) in [6.07, 6.45) is 9.19. The third kappa shape index (κ3) is 4.43. The van der Waals surface area contributed by atoms with Gasteiger partial charge in [0.1, 0.15) is 0 Å². The first-order valence-corrected chi connectivity index (χ1v) is 8.88. The zero-order chi connectivity index (χ0) is 15.3. The van der Waals surface area contributed by atoms with Crippen LogP contribution in [0.2, 0.25) is 0 Å². The quantitative estimate of drug-likeness (QED) is 0.722. The molecule has 0 atom stereocenters. The number of nitrogens with one attached hydrogen (secondary N) is 1. The zero-order valence-corrected chi connectivity index (χ0v) is 13.9. The van der Waals surface area contributed by atoms with E-state index in [4.69, 9.17) is 5.73 Å². The van der Waals surface area contributed by atoms with Crippen LogP contribution in [0, 0.1) is 5.92 Å². The van der Waals surface area contributed by atoms with Crippen molar-refractivity contribution in [1.82, 2.24) is 10.2 Å². The lowest BCUT2D eigenvalue weighted by atomic mass is 9.74. The molecule has 0 bridgehead atoms. The first-order chi connectivity index (χ1) is 10.1. The molecule has 21 heavy (non-hydrogen) atoms. The molecule has 4 nitrogen and oxygen atoms in total. The smallest absolute Gasteiger partial charge is 0.221 e. The highest BCUT2D eigenvalue weighted by molar-refractivity contribution is 5.76. The average Bonchev–Trinajstić information content (AvgIpc) is 3.32. The maximum Gasteiger partial charge on any atom is 0.221 e. The van der Waals surface area contributed by atoms with Crippen LogP contribution in [-0.4, -0.2) is 42.0 Å². The Morgan fingerprint density at radius 3 is 2.38 bits per heavy atom. The molecule has 0 saturated heterocycles. The van der Waals surface area contributed by atoms with Crippen molar-refractivity contribution in [3.05, 3.63) is 0 Å². The van der Waals surface area contributed by atoms with Crippen LogP contribution in [0.3, 0.4) is 0 Å². The van der Waals surface area contributed by atoms with Crippen LogP contribution >= 0.6 is 0 Å². The molecule has 0 spiro atoms. The van der Waals surface area contributed by atoms with Gasteiger partial charge in [0.15, 0.2) is 0 Å². The van der Waals surface area contributed by atoms with Crippen molar-refractivity contribution in [3.8, 4) is 0 Å². The lowest BCUT2D eigenvalue weighted by molar-refractivity contribution is -0.122. The summed E-state index contributed by atoms with van der Waals surface area (Å²) < 4.78 is 0. The van der Waals surface area contributed by atoms with E-state index in [9.17, 15) is 4.79 Å². The fourth-order valence-electron chi connectivity index (χ4n) is 3.77. The minimum Gasteiger partial charge on any atom is -0.353 e. The molecule has 2 aliphatic carbocycles. The van der Waals surface area contributed by atoms with Gasteiger partial charge < -0.3 is 11.1 Å². The van der Waals surface area contributed by atoms with Crippen LogP contribution in [0.1, 0.15) is 65.2 Å². The number of carbonyl (C=O) groups is 1. The Morgan fingerprint density at radius 1 is 1.24 bits per heavy atom. The highest BCUT2D eigenvalue weighted by Crippen LogP contribution is 2.37. The SMILES string of the molecule is CCC1CCC(CN)(N(CC)CCC(=O)NC2CC2)CC1. The second-order valence-electron chi connectivity index (χ2n) is 6.95. The van der Waals surface area contributed by atoms with Gasteiger partial charge in [-0.1, -0.05) is 20.3 Å². The molecule has 0 unspecified atom stereocenters. The Balaban J connectivity index is 1.85. The van der Waals surface area contributed by atoms with Crippen LogP contribution < -0.4 is 11.1 Å². The van der Waals surface area contributed by atoms with Crippen LogP contribution in [0.5, 0.6) is 0 Å². The Labute approximate surface area is 129 Å². The van der Waals surface area contributed by atoms with E-state index < -0.39 is 0 Å². The van der Waals surface area contributed by atoms with Gasteiger partial charge in [0.25, 0.3) is 0 Å². The van der Waals surface area contributed by atoms with Gasteiger partial charge in [-0.2, -0.15) is 0 Å². The fraction of sp³-hybridized carbons (Fsp3) is 0.941. The molecular weight excluding hydrogens is 262 g/mol. The summed E-state index contributed by atoms with van der Waals surface area (Å²) in [4.78, 5) is 14.4. The Bertz CT molecular complexity index is 333. The van der Waals surface area contributed by atoms with E-state index in [0.29, 0.717) is 12.5 Å². The van der Waals surface area contributed by atoms with E-state index in [1.807, 2.05) is 0 Å². The monoisotopic (exact) mass is 295 g/mol. The van der Waals surface area contributed by atoms with Crippen molar-refractivity contribution in [2.75, 3.05) is 19.6 Å². The number of amides is 1. The lowest BCUT2D eigenvalue weighted by Gasteiger charge is -2.47. The minimum atomic E-state index is 0.139. The summed E-state index contributed by atoms with van der Waals surface area (Å²) in [5.41, 5.74) is 6.30. The van der Waals surface area contributed by atoms with Crippen molar-refractivity contribution in [1.29, 1.82) is 0 Å². The zero-order valence-electron chi connectivity index (χ0n) is 13.9. The molecular formula is C17H33N3O. The van der Waals surface area contributed by atoms with E-state index in [-0.39, 0.29) is 11.4 Å². The van der Waals surface area contributed by atoms with Gasteiger partial charge in [0, 0.05) is 31.1 Å². The maximum absolute atomic E-state index is 11.9. The van der Waals surface area contributed by atoms with Gasteiger partial charge in [-0.15, -0.1) is 0 Å². The molecule has 0 heterocycles. The van der Waals surface area contributed by atoms with E-state index in [2.05, 4.69) is 24.1 Å². The normalized spacial score (nSPS) is 29.6. The number of rotatable bonds is 8. The topological polar surface area (TPSA) is 58.4 Å². The van der Waals surface area contributed by atoms with Gasteiger partial charge >= 0.3 is 0 Å². The Hall–Kier alpha value is -0.610. The average molecular weight is 295 g/mol. The molecule has 122 valence electrons. The number of hydrogen-bond acceptors (Lipinski definition) is 3.